The third-order valence-corrected chi connectivity index (χ3v) is 6.39. The lowest BCUT2D eigenvalue weighted by molar-refractivity contribution is -0.132. The molecule has 1 amide bonds. The highest BCUT2D eigenvalue weighted by Crippen LogP contribution is 2.37. The highest BCUT2D eigenvalue weighted by atomic mass is 35.5. The summed E-state index contributed by atoms with van der Waals surface area (Å²) >= 11 is 6.51. The SMILES string of the molecule is COc1cccc([C@@H]2C=CCN2C(=O)Cn2nc3c(c2C)CCC[C@@H]3C)c1Cl. The van der Waals surface area contributed by atoms with Gasteiger partial charge >= 0.3 is 0 Å². The van der Waals surface area contributed by atoms with Crippen molar-refractivity contribution >= 4 is 17.5 Å². The Kier molecular flexibility index (Phi) is 5.19. The molecular weight excluding hydrogens is 374 g/mol. The lowest BCUT2D eigenvalue weighted by Crippen LogP contribution is -2.34. The van der Waals surface area contributed by atoms with Gasteiger partial charge in [0.1, 0.15) is 12.3 Å². The van der Waals surface area contributed by atoms with Crippen LogP contribution in [0.1, 0.15) is 54.2 Å². The molecule has 4 rings (SSSR count). The van der Waals surface area contributed by atoms with Gasteiger partial charge in [-0.25, -0.2) is 0 Å². The Hall–Kier alpha value is -2.27. The van der Waals surface area contributed by atoms with Gasteiger partial charge in [-0.05, 0) is 37.8 Å². The first kappa shape index (κ1) is 19.1. The lowest BCUT2D eigenvalue weighted by Gasteiger charge is -2.26. The fourth-order valence-corrected chi connectivity index (χ4v) is 4.68. The molecule has 0 fully saturated rings. The van der Waals surface area contributed by atoms with Crippen molar-refractivity contribution in [3.05, 3.63) is 57.9 Å². The zero-order valence-corrected chi connectivity index (χ0v) is 17.4. The molecule has 0 saturated carbocycles. The molecule has 0 radical (unpaired) electrons. The second kappa shape index (κ2) is 7.63. The maximum atomic E-state index is 13.2. The summed E-state index contributed by atoms with van der Waals surface area (Å²) in [4.78, 5) is 15.0. The summed E-state index contributed by atoms with van der Waals surface area (Å²) in [6, 6.07) is 5.50. The van der Waals surface area contributed by atoms with E-state index in [0.29, 0.717) is 23.2 Å². The van der Waals surface area contributed by atoms with Gasteiger partial charge in [-0.1, -0.05) is 42.8 Å². The number of carbonyl (C=O) groups is 1. The van der Waals surface area contributed by atoms with Gasteiger partial charge in [-0.15, -0.1) is 0 Å². The maximum Gasteiger partial charge on any atom is 0.245 e. The summed E-state index contributed by atoms with van der Waals surface area (Å²) in [5.74, 6) is 1.14. The Morgan fingerprint density at radius 3 is 2.96 bits per heavy atom. The van der Waals surface area contributed by atoms with Crippen LogP contribution >= 0.6 is 11.6 Å². The van der Waals surface area contributed by atoms with Crippen LogP contribution in [0, 0.1) is 6.92 Å². The first-order chi connectivity index (χ1) is 13.5. The van der Waals surface area contributed by atoms with Crippen LogP contribution in [0.5, 0.6) is 5.75 Å². The monoisotopic (exact) mass is 399 g/mol. The van der Waals surface area contributed by atoms with Crippen molar-refractivity contribution in [3.63, 3.8) is 0 Å². The van der Waals surface area contributed by atoms with E-state index >= 15 is 0 Å². The van der Waals surface area contributed by atoms with Crippen LogP contribution in [0.3, 0.4) is 0 Å². The number of amides is 1. The Morgan fingerprint density at radius 1 is 1.39 bits per heavy atom. The number of benzene rings is 1. The number of hydrogen-bond acceptors (Lipinski definition) is 3. The van der Waals surface area contributed by atoms with Crippen molar-refractivity contribution in [2.24, 2.45) is 0 Å². The maximum absolute atomic E-state index is 13.2. The molecule has 2 aliphatic rings. The second-order valence-electron chi connectivity index (χ2n) is 7.68. The normalized spacial score (nSPS) is 21.1. The summed E-state index contributed by atoms with van der Waals surface area (Å²) < 4.78 is 7.22. The molecule has 2 aromatic rings. The van der Waals surface area contributed by atoms with E-state index in [2.05, 4.69) is 13.8 Å². The molecular formula is C22H26ClN3O2. The number of ether oxygens (including phenoxy) is 1. The van der Waals surface area contributed by atoms with Gasteiger partial charge < -0.3 is 9.64 Å². The van der Waals surface area contributed by atoms with Gasteiger partial charge in [0.25, 0.3) is 0 Å². The lowest BCUT2D eigenvalue weighted by atomic mass is 9.88. The Labute approximate surface area is 170 Å². The average Bonchev–Trinajstić information content (AvgIpc) is 3.29. The predicted molar refractivity (Wildman–Crippen MR) is 110 cm³/mol. The van der Waals surface area contributed by atoms with Gasteiger partial charge in [0.2, 0.25) is 5.91 Å². The highest BCUT2D eigenvalue weighted by molar-refractivity contribution is 6.33. The minimum absolute atomic E-state index is 0.0458. The standard InChI is InChI=1S/C22H26ClN3O2/c1-14-7-4-8-16-15(2)26(24-22(14)16)13-20(27)25-12-6-10-18(25)17-9-5-11-19(28-3)21(17)23/h5-6,9-11,14,18H,4,7-8,12-13H2,1-3H3/t14-,18-/m0/s1. The molecule has 1 aliphatic carbocycles. The number of rotatable bonds is 4. The number of hydrogen-bond donors (Lipinski definition) is 0. The molecule has 148 valence electrons. The minimum Gasteiger partial charge on any atom is -0.495 e. The van der Waals surface area contributed by atoms with Gasteiger partial charge in [-0.3, -0.25) is 9.48 Å². The van der Waals surface area contributed by atoms with E-state index in [1.807, 2.05) is 39.9 Å². The highest BCUT2D eigenvalue weighted by Gasteiger charge is 2.30. The number of fused-ring (bicyclic) bond motifs is 1. The van der Waals surface area contributed by atoms with Crippen molar-refractivity contribution in [1.82, 2.24) is 14.7 Å². The summed E-state index contributed by atoms with van der Waals surface area (Å²) in [6.07, 6.45) is 7.47. The molecule has 0 unspecified atom stereocenters. The summed E-state index contributed by atoms with van der Waals surface area (Å²) in [5, 5.41) is 5.34. The molecule has 0 bridgehead atoms. The van der Waals surface area contributed by atoms with Gasteiger partial charge in [0.15, 0.2) is 0 Å². The van der Waals surface area contributed by atoms with Crippen LogP contribution in [0.4, 0.5) is 0 Å². The molecule has 1 aliphatic heterocycles. The topological polar surface area (TPSA) is 47.4 Å². The predicted octanol–water partition coefficient (Wildman–Crippen LogP) is 4.43. The van der Waals surface area contributed by atoms with Crippen molar-refractivity contribution in [3.8, 4) is 5.75 Å². The number of aromatic nitrogens is 2. The smallest absolute Gasteiger partial charge is 0.245 e. The molecule has 0 spiro atoms. The Morgan fingerprint density at radius 2 is 2.21 bits per heavy atom. The number of methoxy groups -OCH3 is 1. The Bertz CT molecular complexity index is 934. The number of carbonyl (C=O) groups excluding carboxylic acids is 1. The fourth-order valence-electron chi connectivity index (χ4n) is 4.37. The average molecular weight is 400 g/mol. The number of halogens is 1. The molecule has 1 aromatic heterocycles. The van der Waals surface area contributed by atoms with Crippen molar-refractivity contribution < 1.29 is 9.53 Å². The molecule has 2 atom stereocenters. The molecule has 5 nitrogen and oxygen atoms in total. The summed E-state index contributed by atoms with van der Waals surface area (Å²) in [6.45, 7) is 5.14. The largest absolute Gasteiger partial charge is 0.495 e. The third-order valence-electron chi connectivity index (χ3n) is 5.99. The van der Waals surface area contributed by atoms with Crippen molar-refractivity contribution in [2.75, 3.05) is 13.7 Å². The molecule has 1 aromatic carbocycles. The first-order valence-corrected chi connectivity index (χ1v) is 10.2. The zero-order valence-electron chi connectivity index (χ0n) is 16.6. The number of nitrogens with zero attached hydrogens (tertiary/aromatic N) is 3. The van der Waals surface area contributed by atoms with E-state index in [-0.39, 0.29) is 18.5 Å². The van der Waals surface area contributed by atoms with E-state index in [4.69, 9.17) is 21.4 Å². The van der Waals surface area contributed by atoms with E-state index in [9.17, 15) is 4.79 Å². The molecule has 28 heavy (non-hydrogen) atoms. The van der Waals surface area contributed by atoms with Crippen LogP contribution in [-0.4, -0.2) is 34.2 Å². The van der Waals surface area contributed by atoms with E-state index in [1.165, 1.54) is 24.1 Å². The molecule has 0 N–H and O–H groups in total. The van der Waals surface area contributed by atoms with Gasteiger partial charge in [0, 0.05) is 23.7 Å². The van der Waals surface area contributed by atoms with Gasteiger partial charge in [-0.2, -0.15) is 5.10 Å². The van der Waals surface area contributed by atoms with Crippen molar-refractivity contribution in [1.29, 1.82) is 0 Å². The minimum atomic E-state index is -0.181. The van der Waals surface area contributed by atoms with E-state index < -0.39 is 0 Å². The fraction of sp³-hybridized carbons (Fsp3) is 0.455. The molecule has 6 heteroatoms. The van der Waals surface area contributed by atoms with Crippen LogP contribution in [0.25, 0.3) is 0 Å². The van der Waals surface area contributed by atoms with Crippen molar-refractivity contribution in [2.45, 2.75) is 51.6 Å². The van der Waals surface area contributed by atoms with E-state index in [0.717, 1.165) is 17.7 Å². The molecule has 0 saturated heterocycles. The Balaban J connectivity index is 1.57. The summed E-state index contributed by atoms with van der Waals surface area (Å²) in [7, 11) is 1.60. The molecule has 2 heterocycles. The quantitative estimate of drug-likeness (QED) is 0.714. The zero-order chi connectivity index (χ0) is 19.8. The van der Waals surface area contributed by atoms with Gasteiger partial charge in [0.05, 0.1) is 23.9 Å². The van der Waals surface area contributed by atoms with E-state index in [1.54, 1.807) is 7.11 Å². The summed E-state index contributed by atoms with van der Waals surface area (Å²) in [5.41, 5.74) is 4.51. The third kappa shape index (κ3) is 3.22. The van der Waals surface area contributed by atoms with Crippen LogP contribution in [-0.2, 0) is 17.8 Å². The first-order valence-electron chi connectivity index (χ1n) is 9.86. The van der Waals surface area contributed by atoms with Crippen LogP contribution < -0.4 is 4.74 Å². The second-order valence-corrected chi connectivity index (χ2v) is 8.06. The van der Waals surface area contributed by atoms with Crippen LogP contribution in [0.2, 0.25) is 5.02 Å². The van der Waals surface area contributed by atoms with Crippen LogP contribution in [0.15, 0.2) is 30.4 Å².